The van der Waals surface area contributed by atoms with E-state index in [0.717, 1.165) is 22.9 Å². The molecular formula is C18H26BrN3O4S. The van der Waals surface area contributed by atoms with Gasteiger partial charge in [0.15, 0.2) is 0 Å². The number of hydrogen-bond donors (Lipinski definition) is 1. The number of carbonyl (C=O) groups excluding carboxylic acids is 1. The maximum Gasteiger partial charge on any atom is 0.317 e. The lowest BCUT2D eigenvalue weighted by Crippen LogP contribution is -2.49. The molecule has 9 heteroatoms. The van der Waals surface area contributed by atoms with Gasteiger partial charge in [0.05, 0.1) is 19.4 Å². The van der Waals surface area contributed by atoms with Crippen LogP contribution in [0.25, 0.3) is 0 Å². The molecular weight excluding hydrogens is 434 g/mol. The van der Waals surface area contributed by atoms with E-state index in [1.54, 1.807) is 4.90 Å². The van der Waals surface area contributed by atoms with Gasteiger partial charge >= 0.3 is 6.03 Å². The summed E-state index contributed by atoms with van der Waals surface area (Å²) in [6, 6.07) is 7.87. The predicted octanol–water partition coefficient (Wildman–Crippen LogP) is 2.20. The van der Waals surface area contributed by atoms with Gasteiger partial charge in [-0.25, -0.2) is 17.5 Å². The molecule has 27 heavy (non-hydrogen) atoms. The Hall–Kier alpha value is -1.16. The van der Waals surface area contributed by atoms with Crippen LogP contribution in [-0.2, 0) is 14.8 Å². The first-order valence-corrected chi connectivity index (χ1v) is 11.8. The van der Waals surface area contributed by atoms with Crippen molar-refractivity contribution in [2.45, 2.75) is 18.9 Å². The largest absolute Gasteiger partial charge is 0.370 e. The summed E-state index contributed by atoms with van der Waals surface area (Å²) in [5, 5.41) is 3.01. The van der Waals surface area contributed by atoms with Crippen molar-refractivity contribution in [3.8, 4) is 0 Å². The Kier molecular flexibility index (Phi) is 6.78. The number of carbonyl (C=O) groups is 1. The number of nitrogens with zero attached hydrogens (tertiary/aromatic N) is 2. The van der Waals surface area contributed by atoms with Crippen molar-refractivity contribution in [2.75, 3.05) is 45.6 Å². The third kappa shape index (κ3) is 5.66. The third-order valence-electron chi connectivity index (χ3n) is 5.16. The summed E-state index contributed by atoms with van der Waals surface area (Å²) in [5.41, 5.74) is 1.05. The Morgan fingerprint density at radius 3 is 2.70 bits per heavy atom. The minimum Gasteiger partial charge on any atom is -0.370 e. The summed E-state index contributed by atoms with van der Waals surface area (Å²) >= 11 is 3.47. The highest BCUT2D eigenvalue weighted by Crippen LogP contribution is 2.25. The minimum atomic E-state index is -3.11. The van der Waals surface area contributed by atoms with Crippen LogP contribution in [0.15, 0.2) is 28.7 Å². The molecule has 0 radical (unpaired) electrons. The van der Waals surface area contributed by atoms with Crippen LogP contribution in [0.1, 0.15) is 24.5 Å². The lowest BCUT2D eigenvalue weighted by molar-refractivity contribution is -0.0156. The van der Waals surface area contributed by atoms with Gasteiger partial charge in [0.25, 0.3) is 0 Å². The highest BCUT2D eigenvalue weighted by atomic mass is 79.9. The van der Waals surface area contributed by atoms with Crippen LogP contribution in [-0.4, -0.2) is 69.2 Å². The van der Waals surface area contributed by atoms with Crippen molar-refractivity contribution in [1.29, 1.82) is 0 Å². The van der Waals surface area contributed by atoms with Gasteiger partial charge < -0.3 is 15.0 Å². The number of sulfonamides is 1. The lowest BCUT2D eigenvalue weighted by atomic mass is 9.98. The van der Waals surface area contributed by atoms with E-state index in [4.69, 9.17) is 4.74 Å². The molecule has 2 fully saturated rings. The van der Waals surface area contributed by atoms with Gasteiger partial charge in [-0.15, -0.1) is 0 Å². The first-order chi connectivity index (χ1) is 12.8. The molecule has 0 saturated carbocycles. The molecule has 0 aromatic heterocycles. The molecule has 150 valence electrons. The summed E-state index contributed by atoms with van der Waals surface area (Å²) in [5.74, 6) is 0.314. The topological polar surface area (TPSA) is 79.0 Å². The molecule has 1 aromatic rings. The molecule has 1 unspecified atom stereocenters. The molecule has 0 bridgehead atoms. The number of piperidine rings is 1. The van der Waals surface area contributed by atoms with Gasteiger partial charge in [0, 0.05) is 30.7 Å². The number of urea groups is 1. The second-order valence-corrected chi connectivity index (χ2v) is 10.1. The lowest BCUT2D eigenvalue weighted by Gasteiger charge is -2.34. The van der Waals surface area contributed by atoms with E-state index in [-0.39, 0.29) is 12.1 Å². The number of nitrogens with one attached hydrogen (secondary N) is 1. The number of ether oxygens (including phenoxy) is 1. The molecule has 2 aliphatic heterocycles. The minimum absolute atomic E-state index is 0.0798. The smallest absolute Gasteiger partial charge is 0.317 e. The monoisotopic (exact) mass is 459 g/mol. The number of hydrogen-bond acceptors (Lipinski definition) is 4. The van der Waals surface area contributed by atoms with Crippen molar-refractivity contribution < 1.29 is 17.9 Å². The van der Waals surface area contributed by atoms with E-state index in [1.807, 2.05) is 24.3 Å². The van der Waals surface area contributed by atoms with Crippen LogP contribution >= 0.6 is 15.9 Å². The SMILES string of the molecule is CS(=O)(=O)N1CCC(CNC(=O)N2CCOC(c3cccc(Br)c3)C2)CC1. The van der Waals surface area contributed by atoms with Crippen LogP contribution in [0.5, 0.6) is 0 Å². The average molecular weight is 460 g/mol. The molecule has 2 amide bonds. The average Bonchev–Trinajstić information content (AvgIpc) is 2.66. The van der Waals surface area contributed by atoms with Crippen molar-refractivity contribution in [2.24, 2.45) is 5.92 Å². The van der Waals surface area contributed by atoms with Crippen molar-refractivity contribution in [1.82, 2.24) is 14.5 Å². The molecule has 0 aliphatic carbocycles. The van der Waals surface area contributed by atoms with Crippen molar-refractivity contribution in [3.05, 3.63) is 34.3 Å². The third-order valence-corrected chi connectivity index (χ3v) is 6.96. The Labute approximate surface area is 169 Å². The highest BCUT2D eigenvalue weighted by Gasteiger charge is 2.28. The van der Waals surface area contributed by atoms with E-state index in [1.165, 1.54) is 10.6 Å². The fourth-order valence-electron chi connectivity index (χ4n) is 3.53. The van der Waals surface area contributed by atoms with Crippen LogP contribution in [0.4, 0.5) is 4.79 Å². The van der Waals surface area contributed by atoms with Gasteiger partial charge in [-0.3, -0.25) is 0 Å². The van der Waals surface area contributed by atoms with Gasteiger partial charge in [-0.1, -0.05) is 28.1 Å². The molecule has 1 aromatic carbocycles. The molecule has 1 atom stereocenters. The zero-order chi connectivity index (χ0) is 19.4. The quantitative estimate of drug-likeness (QED) is 0.748. The zero-order valence-electron chi connectivity index (χ0n) is 15.4. The highest BCUT2D eigenvalue weighted by molar-refractivity contribution is 9.10. The van der Waals surface area contributed by atoms with Gasteiger partial charge in [-0.2, -0.15) is 0 Å². The Morgan fingerprint density at radius 2 is 2.04 bits per heavy atom. The fraction of sp³-hybridized carbons (Fsp3) is 0.611. The maximum absolute atomic E-state index is 12.6. The van der Waals surface area contributed by atoms with E-state index in [0.29, 0.717) is 45.2 Å². The standard InChI is InChI=1S/C18H26BrN3O4S/c1-27(24,25)22-7-5-14(6-8-22)12-20-18(23)21-9-10-26-17(13-21)15-3-2-4-16(19)11-15/h2-4,11,14,17H,5-10,12-13H2,1H3,(H,20,23). The first-order valence-electron chi connectivity index (χ1n) is 9.18. The summed E-state index contributed by atoms with van der Waals surface area (Å²) in [6.45, 7) is 3.24. The van der Waals surface area contributed by atoms with Gasteiger partial charge in [0.1, 0.15) is 6.10 Å². The van der Waals surface area contributed by atoms with E-state index in [9.17, 15) is 13.2 Å². The zero-order valence-corrected chi connectivity index (χ0v) is 17.8. The van der Waals surface area contributed by atoms with E-state index < -0.39 is 10.0 Å². The number of rotatable bonds is 4. The molecule has 0 spiro atoms. The number of benzene rings is 1. The summed E-state index contributed by atoms with van der Waals surface area (Å²) in [4.78, 5) is 14.3. The number of morpholine rings is 1. The van der Waals surface area contributed by atoms with Crippen LogP contribution in [0, 0.1) is 5.92 Å². The summed E-state index contributed by atoms with van der Waals surface area (Å²) in [6.07, 6.45) is 2.67. The van der Waals surface area contributed by atoms with E-state index >= 15 is 0 Å². The molecule has 1 N–H and O–H groups in total. The number of amides is 2. The second-order valence-electron chi connectivity index (χ2n) is 7.15. The maximum atomic E-state index is 12.6. The Bertz CT molecular complexity index is 766. The van der Waals surface area contributed by atoms with Crippen LogP contribution in [0.3, 0.4) is 0 Å². The number of halogens is 1. The summed E-state index contributed by atoms with van der Waals surface area (Å²) < 4.78 is 31.5. The fourth-order valence-corrected chi connectivity index (χ4v) is 4.82. The Balaban J connectivity index is 1.47. The second kappa shape index (κ2) is 8.89. The summed E-state index contributed by atoms with van der Waals surface area (Å²) in [7, 11) is -3.11. The van der Waals surface area contributed by atoms with Crippen LogP contribution in [0.2, 0.25) is 0 Å². The first kappa shape index (κ1) is 20.6. The molecule has 7 nitrogen and oxygen atoms in total. The van der Waals surface area contributed by atoms with Crippen molar-refractivity contribution >= 4 is 32.0 Å². The van der Waals surface area contributed by atoms with Crippen molar-refractivity contribution in [3.63, 3.8) is 0 Å². The molecule has 3 rings (SSSR count). The normalized spacial score (nSPS) is 22.6. The van der Waals surface area contributed by atoms with Crippen LogP contribution < -0.4 is 5.32 Å². The van der Waals surface area contributed by atoms with Gasteiger partial charge in [-0.05, 0) is 36.5 Å². The van der Waals surface area contributed by atoms with Gasteiger partial charge in [0.2, 0.25) is 10.0 Å². The Morgan fingerprint density at radius 1 is 1.30 bits per heavy atom. The molecule has 2 saturated heterocycles. The molecule has 2 heterocycles. The predicted molar refractivity (Wildman–Crippen MR) is 107 cm³/mol. The molecule has 2 aliphatic rings. The van der Waals surface area contributed by atoms with E-state index in [2.05, 4.69) is 21.2 Å².